The predicted molar refractivity (Wildman–Crippen MR) is 131 cm³/mol. The largest absolute Gasteiger partial charge is 0.247 e. The molecular formula is C29H38ClF. The third-order valence-corrected chi connectivity index (χ3v) is 8.48. The molecule has 0 bridgehead atoms. The normalized spacial score (nSPS) is 30.1. The van der Waals surface area contributed by atoms with Gasteiger partial charge in [-0.15, -0.1) is 0 Å². The lowest BCUT2D eigenvalue weighted by Gasteiger charge is -2.35. The van der Waals surface area contributed by atoms with E-state index >= 15 is 4.39 Å². The van der Waals surface area contributed by atoms with E-state index < -0.39 is 6.17 Å². The predicted octanol–water partition coefficient (Wildman–Crippen LogP) is 9.32. The molecule has 168 valence electrons. The summed E-state index contributed by atoms with van der Waals surface area (Å²) in [4.78, 5) is 0. The molecule has 0 saturated heterocycles. The maximum atomic E-state index is 15.5. The lowest BCUT2D eigenvalue weighted by molar-refractivity contribution is 0.153. The lowest BCUT2D eigenvalue weighted by Crippen LogP contribution is -2.26. The van der Waals surface area contributed by atoms with Crippen LogP contribution in [-0.2, 0) is 0 Å². The second-order valence-corrected chi connectivity index (χ2v) is 10.8. The summed E-state index contributed by atoms with van der Waals surface area (Å²) in [5.74, 6) is 2.67. The molecule has 2 heteroatoms. The molecule has 2 aromatic carbocycles. The summed E-state index contributed by atoms with van der Waals surface area (Å²) in [6, 6.07) is 16.6. The molecule has 2 aliphatic carbocycles. The Labute approximate surface area is 193 Å². The molecule has 0 radical (unpaired) electrons. The Morgan fingerprint density at radius 3 is 2.23 bits per heavy atom. The maximum Gasteiger partial charge on any atom is 0.107 e. The van der Waals surface area contributed by atoms with Crippen LogP contribution >= 0.6 is 11.6 Å². The number of alkyl halides is 1. The highest BCUT2D eigenvalue weighted by atomic mass is 35.5. The van der Waals surface area contributed by atoms with Crippen LogP contribution in [0, 0.1) is 17.8 Å². The van der Waals surface area contributed by atoms with Crippen LogP contribution in [0.5, 0.6) is 0 Å². The third kappa shape index (κ3) is 5.72. The molecule has 4 unspecified atom stereocenters. The van der Waals surface area contributed by atoms with Crippen molar-refractivity contribution in [3.8, 4) is 0 Å². The van der Waals surface area contributed by atoms with E-state index in [2.05, 4.69) is 50.2 Å². The van der Waals surface area contributed by atoms with Gasteiger partial charge in [-0.2, -0.15) is 0 Å². The van der Waals surface area contributed by atoms with Gasteiger partial charge in [-0.25, -0.2) is 4.39 Å². The van der Waals surface area contributed by atoms with Gasteiger partial charge < -0.3 is 0 Å². The molecule has 2 aliphatic rings. The molecular weight excluding hydrogens is 403 g/mol. The first-order chi connectivity index (χ1) is 15.0. The fourth-order valence-electron chi connectivity index (χ4n) is 6.07. The van der Waals surface area contributed by atoms with Gasteiger partial charge in [0.1, 0.15) is 6.17 Å². The van der Waals surface area contributed by atoms with Crippen molar-refractivity contribution in [3.05, 3.63) is 70.2 Å². The van der Waals surface area contributed by atoms with Crippen molar-refractivity contribution < 1.29 is 4.39 Å². The molecule has 0 heterocycles. The highest BCUT2D eigenvalue weighted by Crippen LogP contribution is 2.43. The Morgan fingerprint density at radius 2 is 1.52 bits per heavy atom. The molecule has 0 spiro atoms. The highest BCUT2D eigenvalue weighted by molar-refractivity contribution is 6.30. The van der Waals surface area contributed by atoms with Gasteiger partial charge in [0.25, 0.3) is 0 Å². The van der Waals surface area contributed by atoms with Gasteiger partial charge in [0, 0.05) is 16.9 Å². The van der Waals surface area contributed by atoms with Gasteiger partial charge in [-0.1, -0.05) is 100 Å². The molecule has 0 aliphatic heterocycles. The molecule has 2 saturated carbocycles. The average Bonchev–Trinajstić information content (AvgIpc) is 2.79. The van der Waals surface area contributed by atoms with Gasteiger partial charge in [-0.05, 0) is 65.8 Å². The van der Waals surface area contributed by atoms with Gasteiger partial charge in [0.05, 0.1) is 0 Å². The fraction of sp³-hybridized carbons (Fsp3) is 0.586. The minimum absolute atomic E-state index is 0.0396. The van der Waals surface area contributed by atoms with E-state index in [0.717, 1.165) is 29.7 Å². The third-order valence-electron chi connectivity index (χ3n) is 8.23. The van der Waals surface area contributed by atoms with Crippen molar-refractivity contribution >= 4 is 11.6 Å². The first kappa shape index (κ1) is 22.8. The molecule has 4 rings (SSSR count). The van der Waals surface area contributed by atoms with E-state index in [1.807, 2.05) is 12.1 Å². The van der Waals surface area contributed by atoms with Crippen molar-refractivity contribution in [1.29, 1.82) is 0 Å². The molecule has 0 N–H and O–H groups in total. The maximum absolute atomic E-state index is 15.5. The summed E-state index contributed by atoms with van der Waals surface area (Å²) in [7, 11) is 0. The van der Waals surface area contributed by atoms with Gasteiger partial charge >= 0.3 is 0 Å². The van der Waals surface area contributed by atoms with Crippen LogP contribution in [0.4, 0.5) is 4.39 Å². The smallest absolute Gasteiger partial charge is 0.107 e. The number of hydrogen-bond donors (Lipinski definition) is 0. The lowest BCUT2D eigenvalue weighted by atomic mass is 9.72. The van der Waals surface area contributed by atoms with Crippen LogP contribution in [-0.4, -0.2) is 6.17 Å². The zero-order chi connectivity index (χ0) is 21.8. The van der Waals surface area contributed by atoms with E-state index in [0.29, 0.717) is 5.92 Å². The topological polar surface area (TPSA) is 0 Å². The second-order valence-electron chi connectivity index (χ2n) is 10.4. The zero-order valence-electron chi connectivity index (χ0n) is 19.2. The van der Waals surface area contributed by atoms with Crippen molar-refractivity contribution in [1.82, 2.24) is 0 Å². The van der Waals surface area contributed by atoms with Crippen LogP contribution < -0.4 is 0 Å². The van der Waals surface area contributed by atoms with Gasteiger partial charge in [-0.3, -0.25) is 0 Å². The fourth-order valence-corrected chi connectivity index (χ4v) is 6.20. The Balaban J connectivity index is 1.39. The Kier molecular flexibility index (Phi) is 7.75. The van der Waals surface area contributed by atoms with Crippen LogP contribution in [0.15, 0.2) is 48.5 Å². The summed E-state index contributed by atoms with van der Waals surface area (Å²) >= 11 is 6.08. The van der Waals surface area contributed by atoms with E-state index in [4.69, 9.17) is 11.6 Å². The Bertz CT molecular complexity index is 821. The van der Waals surface area contributed by atoms with Gasteiger partial charge in [0.15, 0.2) is 0 Å². The number of rotatable bonds is 6. The van der Waals surface area contributed by atoms with Crippen LogP contribution in [0.25, 0.3) is 0 Å². The van der Waals surface area contributed by atoms with E-state index in [1.165, 1.54) is 61.6 Å². The molecule has 2 fully saturated rings. The van der Waals surface area contributed by atoms with Crippen molar-refractivity contribution in [2.24, 2.45) is 17.8 Å². The SMILES string of the molecule is CC1CCC(CCC2CCC(c3ccccc3C(C)c3ccc(Cl)cc3)C(F)C2)CC1. The number of halogens is 2. The number of hydrogen-bond acceptors (Lipinski definition) is 0. The van der Waals surface area contributed by atoms with E-state index in [9.17, 15) is 0 Å². The molecule has 2 aromatic rings. The first-order valence-electron chi connectivity index (χ1n) is 12.5. The summed E-state index contributed by atoms with van der Waals surface area (Å²) < 4.78 is 15.5. The van der Waals surface area contributed by atoms with Gasteiger partial charge in [0.2, 0.25) is 0 Å². The summed E-state index contributed by atoms with van der Waals surface area (Å²) in [5, 5.41) is 0.758. The molecule has 0 nitrogen and oxygen atoms in total. The molecule has 0 amide bonds. The minimum atomic E-state index is -0.719. The quantitative estimate of drug-likeness (QED) is 0.419. The Morgan fingerprint density at radius 1 is 0.871 bits per heavy atom. The zero-order valence-corrected chi connectivity index (χ0v) is 20.0. The molecule has 0 aromatic heterocycles. The Hall–Kier alpha value is -1.34. The van der Waals surface area contributed by atoms with E-state index in [-0.39, 0.29) is 11.8 Å². The second kappa shape index (κ2) is 10.5. The average molecular weight is 441 g/mol. The van der Waals surface area contributed by atoms with Crippen molar-refractivity contribution in [3.63, 3.8) is 0 Å². The highest BCUT2D eigenvalue weighted by Gasteiger charge is 2.33. The molecule has 4 atom stereocenters. The van der Waals surface area contributed by atoms with Crippen LogP contribution in [0.1, 0.15) is 100 Å². The minimum Gasteiger partial charge on any atom is -0.247 e. The first-order valence-corrected chi connectivity index (χ1v) is 12.9. The van der Waals surface area contributed by atoms with Crippen molar-refractivity contribution in [2.75, 3.05) is 0 Å². The summed E-state index contributed by atoms with van der Waals surface area (Å²) in [6.07, 6.45) is 10.3. The number of benzene rings is 2. The monoisotopic (exact) mass is 440 g/mol. The van der Waals surface area contributed by atoms with Crippen LogP contribution in [0.2, 0.25) is 5.02 Å². The van der Waals surface area contributed by atoms with Crippen molar-refractivity contribution in [2.45, 2.75) is 89.6 Å². The molecule has 31 heavy (non-hydrogen) atoms. The van der Waals surface area contributed by atoms with E-state index in [1.54, 1.807) is 0 Å². The summed E-state index contributed by atoms with van der Waals surface area (Å²) in [6.45, 7) is 4.61. The standard InChI is InChI=1S/C29H38ClF/c1-20-7-9-22(10-8-20)11-12-23-13-18-28(29(31)19-23)27-6-4-3-5-26(27)21(2)24-14-16-25(30)17-15-24/h3-6,14-17,20-23,28-29H,7-13,18-19H2,1-2H3. The van der Waals surface area contributed by atoms with Crippen LogP contribution in [0.3, 0.4) is 0 Å². The summed E-state index contributed by atoms with van der Waals surface area (Å²) in [5.41, 5.74) is 3.73.